The molecule has 5 aromatic rings. The fourth-order valence-electron chi connectivity index (χ4n) is 3.35. The van der Waals surface area contributed by atoms with Crippen LogP contribution >= 0.6 is 11.8 Å². The summed E-state index contributed by atoms with van der Waals surface area (Å²) in [6.07, 6.45) is 0. The molecule has 0 unspecified atom stereocenters. The van der Waals surface area contributed by atoms with Crippen LogP contribution in [0.4, 0.5) is 0 Å². The summed E-state index contributed by atoms with van der Waals surface area (Å²) in [4.78, 5) is 12.8. The standard InChI is InChI=1S/C23H18N6O2S/c1-31-18-11-7-8-16(14-18)21-25-26-23(29(21)17-9-3-2-4-10-17)32-15-28-22(30)19-12-5-6-13-20(19)24-27-28/h2-14H,15H2,1H3. The molecule has 0 N–H and O–H groups in total. The molecule has 5 rings (SSSR count). The van der Waals surface area contributed by atoms with Gasteiger partial charge in [-0.05, 0) is 36.4 Å². The highest BCUT2D eigenvalue weighted by Gasteiger charge is 2.17. The maximum absolute atomic E-state index is 12.8. The number of benzene rings is 3. The van der Waals surface area contributed by atoms with E-state index >= 15 is 0 Å². The molecule has 0 fully saturated rings. The second-order valence-electron chi connectivity index (χ2n) is 6.89. The molecule has 0 bridgehead atoms. The van der Waals surface area contributed by atoms with E-state index in [1.807, 2.05) is 71.3 Å². The molecule has 32 heavy (non-hydrogen) atoms. The summed E-state index contributed by atoms with van der Waals surface area (Å²) in [5, 5.41) is 18.2. The molecule has 0 radical (unpaired) electrons. The minimum Gasteiger partial charge on any atom is -0.497 e. The van der Waals surface area contributed by atoms with Gasteiger partial charge in [-0.3, -0.25) is 9.36 Å². The lowest BCUT2D eigenvalue weighted by molar-refractivity contribution is 0.415. The summed E-state index contributed by atoms with van der Waals surface area (Å²) in [7, 11) is 1.63. The number of thioether (sulfide) groups is 1. The average molecular weight is 443 g/mol. The van der Waals surface area contributed by atoms with E-state index in [9.17, 15) is 4.79 Å². The Labute approximate surface area is 187 Å². The Kier molecular flexibility index (Phi) is 5.39. The highest BCUT2D eigenvalue weighted by molar-refractivity contribution is 7.98. The SMILES string of the molecule is COc1cccc(-c2nnc(SCn3nnc4ccccc4c3=O)n2-c2ccccc2)c1. The number of aromatic nitrogens is 6. The Morgan fingerprint density at radius 1 is 0.906 bits per heavy atom. The maximum Gasteiger partial charge on any atom is 0.278 e. The molecule has 0 atom stereocenters. The maximum atomic E-state index is 12.8. The third kappa shape index (κ3) is 3.74. The molecule has 8 nitrogen and oxygen atoms in total. The number of fused-ring (bicyclic) bond motifs is 1. The highest BCUT2D eigenvalue weighted by Crippen LogP contribution is 2.30. The average Bonchev–Trinajstić information content (AvgIpc) is 3.28. The van der Waals surface area contributed by atoms with Crippen LogP contribution in [-0.2, 0) is 5.88 Å². The van der Waals surface area contributed by atoms with Gasteiger partial charge in [0.05, 0.1) is 18.4 Å². The van der Waals surface area contributed by atoms with Crippen molar-refractivity contribution in [2.45, 2.75) is 11.0 Å². The number of hydrogen-bond acceptors (Lipinski definition) is 7. The van der Waals surface area contributed by atoms with Crippen LogP contribution in [-0.4, -0.2) is 36.9 Å². The Bertz CT molecular complexity index is 1450. The molecule has 0 aliphatic rings. The van der Waals surface area contributed by atoms with Gasteiger partial charge < -0.3 is 4.74 Å². The van der Waals surface area contributed by atoms with E-state index in [-0.39, 0.29) is 11.4 Å². The number of methoxy groups -OCH3 is 1. The lowest BCUT2D eigenvalue weighted by Gasteiger charge is -2.11. The second-order valence-corrected chi connectivity index (χ2v) is 7.81. The second kappa shape index (κ2) is 8.64. The quantitative estimate of drug-likeness (QED) is 0.370. The molecule has 0 aliphatic carbocycles. The van der Waals surface area contributed by atoms with E-state index < -0.39 is 0 Å². The smallest absolute Gasteiger partial charge is 0.278 e. The van der Waals surface area contributed by atoms with Crippen LogP contribution in [0.2, 0.25) is 0 Å². The number of rotatable bonds is 6. The molecule has 0 spiro atoms. The lowest BCUT2D eigenvalue weighted by Crippen LogP contribution is -2.23. The zero-order chi connectivity index (χ0) is 21.9. The number of ether oxygens (including phenoxy) is 1. The van der Waals surface area contributed by atoms with E-state index in [1.54, 1.807) is 19.2 Å². The van der Waals surface area contributed by atoms with E-state index in [2.05, 4.69) is 20.5 Å². The minimum absolute atomic E-state index is 0.193. The molecule has 0 aliphatic heterocycles. The first kappa shape index (κ1) is 20.0. The summed E-state index contributed by atoms with van der Waals surface area (Å²) in [6.45, 7) is 0. The highest BCUT2D eigenvalue weighted by atomic mass is 32.2. The molecule has 3 aromatic carbocycles. The Balaban J connectivity index is 1.54. The van der Waals surface area contributed by atoms with Crippen LogP contribution in [0.15, 0.2) is 88.8 Å². The van der Waals surface area contributed by atoms with Crippen molar-refractivity contribution in [2.75, 3.05) is 7.11 Å². The predicted molar refractivity (Wildman–Crippen MR) is 123 cm³/mol. The monoisotopic (exact) mass is 442 g/mol. The van der Waals surface area contributed by atoms with Crippen molar-refractivity contribution >= 4 is 22.7 Å². The fourth-order valence-corrected chi connectivity index (χ4v) is 4.18. The van der Waals surface area contributed by atoms with Gasteiger partial charge >= 0.3 is 0 Å². The zero-order valence-electron chi connectivity index (χ0n) is 17.1. The third-order valence-electron chi connectivity index (χ3n) is 4.92. The first-order valence-electron chi connectivity index (χ1n) is 9.85. The molecule has 2 heterocycles. The van der Waals surface area contributed by atoms with Crippen molar-refractivity contribution in [1.29, 1.82) is 0 Å². The van der Waals surface area contributed by atoms with E-state index in [0.717, 1.165) is 17.0 Å². The number of nitrogens with zero attached hydrogens (tertiary/aromatic N) is 6. The molecule has 2 aromatic heterocycles. The molecule has 0 saturated carbocycles. The Morgan fingerprint density at radius 2 is 1.72 bits per heavy atom. The summed E-state index contributed by atoms with van der Waals surface area (Å²) in [5.41, 5.74) is 2.17. The summed E-state index contributed by atoms with van der Waals surface area (Å²) in [5.74, 6) is 1.66. The fraction of sp³-hybridized carbons (Fsp3) is 0.0870. The van der Waals surface area contributed by atoms with Crippen molar-refractivity contribution in [1.82, 2.24) is 29.8 Å². The van der Waals surface area contributed by atoms with Crippen molar-refractivity contribution in [3.8, 4) is 22.8 Å². The molecule has 9 heteroatoms. The molecule has 0 amide bonds. The number of hydrogen-bond donors (Lipinski definition) is 0. The summed E-state index contributed by atoms with van der Waals surface area (Å²) >= 11 is 1.36. The zero-order valence-corrected chi connectivity index (χ0v) is 17.9. The molecule has 158 valence electrons. The third-order valence-corrected chi connectivity index (χ3v) is 5.82. The Morgan fingerprint density at radius 3 is 2.56 bits per heavy atom. The summed E-state index contributed by atoms with van der Waals surface area (Å²) in [6, 6.07) is 24.7. The van der Waals surface area contributed by atoms with Gasteiger partial charge in [-0.15, -0.1) is 15.3 Å². The van der Waals surface area contributed by atoms with Gasteiger partial charge in [0.2, 0.25) is 0 Å². The van der Waals surface area contributed by atoms with Crippen LogP contribution in [0.1, 0.15) is 0 Å². The lowest BCUT2D eigenvalue weighted by atomic mass is 10.2. The van der Waals surface area contributed by atoms with Gasteiger partial charge in [0.25, 0.3) is 5.56 Å². The van der Waals surface area contributed by atoms with Crippen LogP contribution in [0.5, 0.6) is 5.75 Å². The first-order chi connectivity index (χ1) is 15.7. The van der Waals surface area contributed by atoms with Gasteiger partial charge in [0, 0.05) is 11.3 Å². The van der Waals surface area contributed by atoms with E-state index in [0.29, 0.717) is 21.9 Å². The van der Waals surface area contributed by atoms with Crippen LogP contribution in [0.25, 0.3) is 28.0 Å². The van der Waals surface area contributed by atoms with Crippen LogP contribution in [0.3, 0.4) is 0 Å². The van der Waals surface area contributed by atoms with Gasteiger partial charge in [-0.2, -0.15) is 4.68 Å². The Hall–Kier alpha value is -3.98. The van der Waals surface area contributed by atoms with Gasteiger partial charge in [0.1, 0.15) is 11.3 Å². The largest absolute Gasteiger partial charge is 0.497 e. The number of para-hydroxylation sites is 1. The van der Waals surface area contributed by atoms with E-state index in [1.165, 1.54) is 16.4 Å². The predicted octanol–water partition coefficient (Wildman–Crippen LogP) is 3.80. The first-order valence-corrected chi connectivity index (χ1v) is 10.8. The topological polar surface area (TPSA) is 87.7 Å². The van der Waals surface area contributed by atoms with Crippen LogP contribution < -0.4 is 10.3 Å². The van der Waals surface area contributed by atoms with Gasteiger partial charge in [-0.25, -0.2) is 0 Å². The van der Waals surface area contributed by atoms with Crippen molar-refractivity contribution < 1.29 is 4.74 Å². The van der Waals surface area contributed by atoms with Gasteiger partial charge in [0.15, 0.2) is 11.0 Å². The summed E-state index contributed by atoms with van der Waals surface area (Å²) < 4.78 is 8.66. The molecule has 0 saturated heterocycles. The van der Waals surface area contributed by atoms with Crippen molar-refractivity contribution in [2.24, 2.45) is 0 Å². The van der Waals surface area contributed by atoms with Crippen LogP contribution in [0, 0.1) is 0 Å². The minimum atomic E-state index is -0.193. The molecular formula is C23H18N6O2S. The normalized spacial score (nSPS) is 11.0. The van der Waals surface area contributed by atoms with E-state index in [4.69, 9.17) is 4.74 Å². The van der Waals surface area contributed by atoms with Crippen molar-refractivity contribution in [3.63, 3.8) is 0 Å². The molecular weight excluding hydrogens is 424 g/mol. The van der Waals surface area contributed by atoms with Gasteiger partial charge in [-0.1, -0.05) is 59.4 Å². The van der Waals surface area contributed by atoms with Crippen molar-refractivity contribution in [3.05, 3.63) is 89.2 Å².